The SMILES string of the molecule is Fc1ccc(C=CCC2OCCO2)cc1Cl. The van der Waals surface area contributed by atoms with Gasteiger partial charge in [-0.15, -0.1) is 0 Å². The van der Waals surface area contributed by atoms with Gasteiger partial charge in [-0.25, -0.2) is 4.39 Å². The molecule has 0 aliphatic carbocycles. The number of ether oxygens (including phenoxy) is 2. The molecule has 2 nitrogen and oxygen atoms in total. The summed E-state index contributed by atoms with van der Waals surface area (Å²) in [4.78, 5) is 0. The molecule has 16 heavy (non-hydrogen) atoms. The molecule has 0 spiro atoms. The number of hydrogen-bond donors (Lipinski definition) is 0. The Morgan fingerprint density at radius 2 is 2.12 bits per heavy atom. The van der Waals surface area contributed by atoms with E-state index in [1.54, 1.807) is 12.1 Å². The van der Waals surface area contributed by atoms with Crippen LogP contribution in [0.3, 0.4) is 0 Å². The molecule has 0 bridgehead atoms. The molecule has 1 aliphatic rings. The summed E-state index contributed by atoms with van der Waals surface area (Å²) in [6.07, 6.45) is 4.34. The molecule has 0 saturated carbocycles. The highest BCUT2D eigenvalue weighted by atomic mass is 35.5. The van der Waals surface area contributed by atoms with Gasteiger partial charge in [0, 0.05) is 6.42 Å². The second kappa shape index (κ2) is 5.43. The third-order valence-electron chi connectivity index (χ3n) is 2.27. The van der Waals surface area contributed by atoms with Crippen molar-refractivity contribution in [1.82, 2.24) is 0 Å². The molecule has 0 unspecified atom stereocenters. The summed E-state index contributed by atoms with van der Waals surface area (Å²) in [5, 5.41) is 0.135. The van der Waals surface area contributed by atoms with E-state index in [2.05, 4.69) is 0 Å². The number of benzene rings is 1. The van der Waals surface area contributed by atoms with Gasteiger partial charge in [-0.2, -0.15) is 0 Å². The van der Waals surface area contributed by atoms with Gasteiger partial charge in [0.25, 0.3) is 0 Å². The predicted molar refractivity (Wildman–Crippen MR) is 60.8 cm³/mol. The summed E-state index contributed by atoms with van der Waals surface area (Å²) < 4.78 is 23.4. The second-order valence-corrected chi connectivity index (χ2v) is 3.89. The molecule has 0 radical (unpaired) electrons. The summed E-state index contributed by atoms with van der Waals surface area (Å²) in [7, 11) is 0. The van der Waals surface area contributed by atoms with Crippen molar-refractivity contribution in [2.45, 2.75) is 12.7 Å². The van der Waals surface area contributed by atoms with Crippen molar-refractivity contribution in [2.75, 3.05) is 13.2 Å². The molecule has 0 amide bonds. The van der Waals surface area contributed by atoms with E-state index in [1.165, 1.54) is 6.07 Å². The highest BCUT2D eigenvalue weighted by molar-refractivity contribution is 6.30. The van der Waals surface area contributed by atoms with Gasteiger partial charge in [-0.3, -0.25) is 0 Å². The standard InChI is InChI=1S/C12H12ClFO2/c13-10-8-9(4-5-11(10)14)2-1-3-12-15-6-7-16-12/h1-2,4-5,8,12H,3,6-7H2. The second-order valence-electron chi connectivity index (χ2n) is 3.48. The molecule has 86 valence electrons. The maximum atomic E-state index is 12.9. The minimum Gasteiger partial charge on any atom is -0.350 e. The van der Waals surface area contributed by atoms with E-state index in [0.717, 1.165) is 5.56 Å². The van der Waals surface area contributed by atoms with Crippen molar-refractivity contribution >= 4 is 17.7 Å². The van der Waals surface area contributed by atoms with Crippen LogP contribution in [-0.4, -0.2) is 19.5 Å². The van der Waals surface area contributed by atoms with Crippen LogP contribution in [0.5, 0.6) is 0 Å². The first-order valence-corrected chi connectivity index (χ1v) is 5.48. The zero-order valence-electron chi connectivity index (χ0n) is 8.66. The predicted octanol–water partition coefficient (Wildman–Crippen LogP) is 3.26. The van der Waals surface area contributed by atoms with E-state index in [4.69, 9.17) is 21.1 Å². The van der Waals surface area contributed by atoms with Crippen LogP contribution in [0.4, 0.5) is 4.39 Å². The van der Waals surface area contributed by atoms with Crippen LogP contribution in [0, 0.1) is 5.82 Å². The molecule has 1 heterocycles. The van der Waals surface area contributed by atoms with Gasteiger partial charge < -0.3 is 9.47 Å². The smallest absolute Gasteiger partial charge is 0.161 e. The van der Waals surface area contributed by atoms with E-state index in [-0.39, 0.29) is 11.3 Å². The zero-order chi connectivity index (χ0) is 11.4. The third kappa shape index (κ3) is 3.04. The van der Waals surface area contributed by atoms with E-state index >= 15 is 0 Å². The molecular formula is C12H12ClFO2. The lowest BCUT2D eigenvalue weighted by atomic mass is 10.2. The van der Waals surface area contributed by atoms with Gasteiger partial charge in [-0.05, 0) is 17.7 Å². The Balaban J connectivity index is 1.92. The van der Waals surface area contributed by atoms with Gasteiger partial charge in [0.15, 0.2) is 6.29 Å². The summed E-state index contributed by atoms with van der Waals surface area (Å²) in [5.41, 5.74) is 0.865. The molecule has 2 rings (SSSR count). The van der Waals surface area contributed by atoms with Crippen LogP contribution >= 0.6 is 11.6 Å². The highest BCUT2D eigenvalue weighted by Crippen LogP contribution is 2.17. The first kappa shape index (κ1) is 11.6. The lowest BCUT2D eigenvalue weighted by Crippen LogP contribution is -2.04. The monoisotopic (exact) mass is 242 g/mol. The fraction of sp³-hybridized carbons (Fsp3) is 0.333. The van der Waals surface area contributed by atoms with Crippen LogP contribution in [0.25, 0.3) is 6.08 Å². The Labute approximate surface area is 98.6 Å². The Kier molecular flexibility index (Phi) is 3.93. The fourth-order valence-electron chi connectivity index (χ4n) is 1.47. The lowest BCUT2D eigenvalue weighted by Gasteiger charge is -2.04. The Morgan fingerprint density at radius 3 is 2.81 bits per heavy atom. The maximum Gasteiger partial charge on any atom is 0.161 e. The highest BCUT2D eigenvalue weighted by Gasteiger charge is 2.13. The summed E-state index contributed by atoms with van der Waals surface area (Å²) in [6, 6.07) is 4.61. The minimum atomic E-state index is -0.402. The Morgan fingerprint density at radius 1 is 1.38 bits per heavy atom. The zero-order valence-corrected chi connectivity index (χ0v) is 9.41. The Bertz CT molecular complexity index is 387. The molecule has 4 heteroatoms. The minimum absolute atomic E-state index is 0.135. The van der Waals surface area contributed by atoms with Crippen molar-refractivity contribution in [3.05, 3.63) is 40.7 Å². The molecule has 0 aromatic heterocycles. The van der Waals surface area contributed by atoms with Gasteiger partial charge in [-0.1, -0.05) is 29.8 Å². The van der Waals surface area contributed by atoms with E-state index < -0.39 is 5.82 Å². The normalized spacial score (nSPS) is 17.4. The first-order valence-electron chi connectivity index (χ1n) is 5.10. The van der Waals surface area contributed by atoms with Crippen molar-refractivity contribution < 1.29 is 13.9 Å². The van der Waals surface area contributed by atoms with Crippen molar-refractivity contribution in [1.29, 1.82) is 0 Å². The van der Waals surface area contributed by atoms with Crippen LogP contribution in [0.15, 0.2) is 24.3 Å². The molecule has 1 fully saturated rings. The number of rotatable bonds is 3. The van der Waals surface area contributed by atoms with Crippen LogP contribution in [0.1, 0.15) is 12.0 Å². The van der Waals surface area contributed by atoms with Gasteiger partial charge in [0.2, 0.25) is 0 Å². The molecule has 0 atom stereocenters. The lowest BCUT2D eigenvalue weighted by molar-refractivity contribution is -0.0379. The molecule has 0 N–H and O–H groups in total. The van der Waals surface area contributed by atoms with Crippen molar-refractivity contribution in [3.8, 4) is 0 Å². The fourth-order valence-corrected chi connectivity index (χ4v) is 1.66. The summed E-state index contributed by atoms with van der Waals surface area (Å²) >= 11 is 5.66. The van der Waals surface area contributed by atoms with E-state index in [9.17, 15) is 4.39 Å². The van der Waals surface area contributed by atoms with Gasteiger partial charge >= 0.3 is 0 Å². The molecule has 1 saturated heterocycles. The molecule has 1 aromatic rings. The number of halogens is 2. The van der Waals surface area contributed by atoms with Crippen LogP contribution in [-0.2, 0) is 9.47 Å². The van der Waals surface area contributed by atoms with E-state index in [0.29, 0.717) is 19.6 Å². The van der Waals surface area contributed by atoms with Gasteiger partial charge in [0.05, 0.1) is 18.2 Å². The quantitative estimate of drug-likeness (QED) is 0.810. The van der Waals surface area contributed by atoms with Crippen LogP contribution in [0.2, 0.25) is 5.02 Å². The third-order valence-corrected chi connectivity index (χ3v) is 2.56. The van der Waals surface area contributed by atoms with Crippen molar-refractivity contribution in [2.24, 2.45) is 0 Å². The summed E-state index contributed by atoms with van der Waals surface area (Å²) in [6.45, 7) is 1.31. The molecule has 1 aromatic carbocycles. The largest absolute Gasteiger partial charge is 0.350 e. The van der Waals surface area contributed by atoms with Gasteiger partial charge in [0.1, 0.15) is 5.82 Å². The topological polar surface area (TPSA) is 18.5 Å². The number of hydrogen-bond acceptors (Lipinski definition) is 2. The molecular weight excluding hydrogens is 231 g/mol. The Hall–Kier alpha value is -0.900. The maximum absolute atomic E-state index is 12.9. The average Bonchev–Trinajstić information content (AvgIpc) is 2.76. The van der Waals surface area contributed by atoms with Crippen LogP contribution < -0.4 is 0 Å². The molecule has 1 aliphatic heterocycles. The van der Waals surface area contributed by atoms with E-state index in [1.807, 2.05) is 12.2 Å². The summed E-state index contributed by atoms with van der Waals surface area (Å²) in [5.74, 6) is -0.402. The first-order chi connectivity index (χ1) is 7.75. The average molecular weight is 243 g/mol. The van der Waals surface area contributed by atoms with Crippen molar-refractivity contribution in [3.63, 3.8) is 0 Å².